The molecule has 0 radical (unpaired) electrons. The van der Waals surface area contributed by atoms with Gasteiger partial charge in [-0.05, 0) is 36.8 Å². The van der Waals surface area contributed by atoms with Gasteiger partial charge >= 0.3 is 5.97 Å². The van der Waals surface area contributed by atoms with Crippen LogP contribution in [0.5, 0.6) is 0 Å². The molecule has 0 aliphatic carbocycles. The summed E-state index contributed by atoms with van der Waals surface area (Å²) in [6, 6.07) is 2.50. The first-order valence-corrected chi connectivity index (χ1v) is 13.3. The lowest BCUT2D eigenvalue weighted by molar-refractivity contribution is -0.144. The molecule has 1 aromatic carbocycles. The molecule has 0 fully saturated rings. The van der Waals surface area contributed by atoms with Gasteiger partial charge in [-0.1, -0.05) is 38.5 Å². The average molecular weight is 574 g/mol. The van der Waals surface area contributed by atoms with Crippen LogP contribution in [-0.2, 0) is 35.2 Å². The fraction of sp³-hybridized carbons (Fsp3) is 0.481. The zero-order valence-corrected chi connectivity index (χ0v) is 23.1. The lowest BCUT2D eigenvalue weighted by Crippen LogP contribution is -2.58. The Labute approximate surface area is 237 Å². The number of nitrogens with two attached hydrogens (primary N) is 3. The van der Waals surface area contributed by atoms with Crippen molar-refractivity contribution in [3.05, 3.63) is 36.0 Å². The van der Waals surface area contributed by atoms with Crippen molar-refractivity contribution in [2.24, 2.45) is 23.1 Å². The molecule has 224 valence electrons. The normalized spacial score (nSPS) is 14.7. The summed E-state index contributed by atoms with van der Waals surface area (Å²) in [5.74, 6) is -5.52. The molecule has 0 bridgehead atoms. The molecule has 14 nitrogen and oxygen atoms in total. The number of primary amides is 2. The number of aromatic amines is 1. The molecule has 11 N–H and O–H groups in total. The van der Waals surface area contributed by atoms with Gasteiger partial charge in [0, 0.05) is 29.9 Å². The summed E-state index contributed by atoms with van der Waals surface area (Å²) in [7, 11) is 0. The second kappa shape index (κ2) is 15.4. The number of nitrogens with one attached hydrogen (secondary N) is 4. The Bertz CT molecular complexity index is 1260. The summed E-state index contributed by atoms with van der Waals surface area (Å²) >= 11 is 0. The van der Waals surface area contributed by atoms with E-state index >= 15 is 0 Å². The van der Waals surface area contributed by atoms with Crippen LogP contribution in [0.4, 0.5) is 0 Å². The Hall–Kier alpha value is -4.46. The molecule has 5 amide bonds. The number of fused-ring (bicyclic) bond motifs is 1. The smallest absolute Gasteiger partial charge is 0.326 e. The Kier molecular flexibility index (Phi) is 12.3. The van der Waals surface area contributed by atoms with Gasteiger partial charge in [-0.25, -0.2) is 4.79 Å². The lowest BCUT2D eigenvalue weighted by atomic mass is 9.98. The molecule has 2 aromatic rings. The Morgan fingerprint density at radius 2 is 1.41 bits per heavy atom. The van der Waals surface area contributed by atoms with Gasteiger partial charge < -0.3 is 43.2 Å². The van der Waals surface area contributed by atoms with Crippen LogP contribution in [0.3, 0.4) is 0 Å². The van der Waals surface area contributed by atoms with Crippen molar-refractivity contribution < 1.29 is 33.9 Å². The van der Waals surface area contributed by atoms with Gasteiger partial charge in [-0.3, -0.25) is 24.0 Å². The van der Waals surface area contributed by atoms with E-state index in [9.17, 15) is 33.9 Å². The SMILES string of the molecule is CCC(C)C(NC(=O)C(CCC(N)=O)NC(=O)C(CCC(N)=O)NC(=O)C(N)Cc1c[nH]c2ccccc12)C(=O)O. The zero-order valence-electron chi connectivity index (χ0n) is 23.1. The van der Waals surface area contributed by atoms with E-state index in [1.165, 1.54) is 0 Å². The third kappa shape index (κ3) is 9.90. The van der Waals surface area contributed by atoms with E-state index in [2.05, 4.69) is 20.9 Å². The summed E-state index contributed by atoms with van der Waals surface area (Å²) in [4.78, 5) is 76.9. The van der Waals surface area contributed by atoms with Gasteiger partial charge in [0.1, 0.15) is 18.1 Å². The van der Waals surface area contributed by atoms with E-state index in [4.69, 9.17) is 17.2 Å². The number of benzene rings is 1. The number of carbonyl (C=O) groups is 6. The van der Waals surface area contributed by atoms with Gasteiger partial charge in [0.2, 0.25) is 29.5 Å². The topological polar surface area (TPSA) is 253 Å². The molecular weight excluding hydrogens is 534 g/mol. The van der Waals surface area contributed by atoms with Crippen LogP contribution in [0, 0.1) is 5.92 Å². The lowest BCUT2D eigenvalue weighted by Gasteiger charge is -2.26. The highest BCUT2D eigenvalue weighted by molar-refractivity contribution is 5.95. The Balaban J connectivity index is 2.18. The number of H-pyrrole nitrogens is 1. The quantitative estimate of drug-likeness (QED) is 0.118. The Morgan fingerprint density at radius 1 is 0.878 bits per heavy atom. The molecule has 2 rings (SSSR count). The number of aromatic nitrogens is 1. The third-order valence-electron chi connectivity index (χ3n) is 6.85. The molecule has 5 unspecified atom stereocenters. The van der Waals surface area contributed by atoms with E-state index in [0.717, 1.165) is 16.5 Å². The van der Waals surface area contributed by atoms with E-state index < -0.39 is 65.6 Å². The van der Waals surface area contributed by atoms with Crippen molar-refractivity contribution in [2.75, 3.05) is 0 Å². The number of carboxylic acids is 1. The second-order valence-corrected chi connectivity index (χ2v) is 10.0. The molecule has 0 aliphatic heterocycles. The van der Waals surface area contributed by atoms with Crippen molar-refractivity contribution in [3.63, 3.8) is 0 Å². The number of para-hydroxylation sites is 1. The average Bonchev–Trinajstić information content (AvgIpc) is 3.33. The van der Waals surface area contributed by atoms with E-state index in [1.54, 1.807) is 20.0 Å². The van der Waals surface area contributed by atoms with Crippen LogP contribution < -0.4 is 33.2 Å². The predicted octanol–water partition coefficient (Wildman–Crippen LogP) is -0.846. The number of aliphatic carboxylic acids is 1. The predicted molar refractivity (Wildman–Crippen MR) is 150 cm³/mol. The highest BCUT2D eigenvalue weighted by atomic mass is 16.4. The fourth-order valence-corrected chi connectivity index (χ4v) is 4.23. The monoisotopic (exact) mass is 573 g/mol. The number of hydrogen-bond donors (Lipinski definition) is 8. The van der Waals surface area contributed by atoms with Crippen molar-refractivity contribution in [1.29, 1.82) is 0 Å². The van der Waals surface area contributed by atoms with Crippen LogP contribution >= 0.6 is 0 Å². The van der Waals surface area contributed by atoms with Crippen molar-refractivity contribution in [3.8, 4) is 0 Å². The molecule has 0 saturated heterocycles. The maximum atomic E-state index is 13.2. The standard InChI is InChI=1S/C27H39N7O7/c1-3-14(2)23(27(40)41)34-26(39)20(9-11-22(30)36)33-25(38)19(8-10-21(29)35)32-24(37)17(28)12-15-13-31-18-7-5-4-6-16(15)18/h4-7,13-14,17,19-20,23,31H,3,8-12,28H2,1-2H3,(H2,29,35)(H2,30,36)(H,32,37)(H,33,38)(H,34,39)(H,40,41). The number of carbonyl (C=O) groups excluding carboxylic acids is 5. The zero-order chi connectivity index (χ0) is 30.7. The summed E-state index contributed by atoms with van der Waals surface area (Å²) < 4.78 is 0. The summed E-state index contributed by atoms with van der Waals surface area (Å²) in [5.41, 5.74) is 18.3. The third-order valence-corrected chi connectivity index (χ3v) is 6.85. The van der Waals surface area contributed by atoms with E-state index in [0.29, 0.717) is 6.42 Å². The fourth-order valence-electron chi connectivity index (χ4n) is 4.23. The molecule has 0 spiro atoms. The van der Waals surface area contributed by atoms with Gasteiger partial charge in [-0.2, -0.15) is 0 Å². The van der Waals surface area contributed by atoms with E-state index in [1.807, 2.05) is 24.3 Å². The highest BCUT2D eigenvalue weighted by Crippen LogP contribution is 2.19. The van der Waals surface area contributed by atoms with Gasteiger partial charge in [0.15, 0.2) is 0 Å². The van der Waals surface area contributed by atoms with Crippen LogP contribution in [0.15, 0.2) is 30.5 Å². The molecule has 0 saturated carbocycles. The molecule has 14 heteroatoms. The Morgan fingerprint density at radius 3 is 1.95 bits per heavy atom. The number of hydrogen-bond acceptors (Lipinski definition) is 7. The van der Waals surface area contributed by atoms with Crippen molar-refractivity contribution in [2.45, 2.75) is 76.5 Å². The first-order chi connectivity index (χ1) is 19.3. The molecule has 5 atom stereocenters. The first kappa shape index (κ1) is 32.8. The van der Waals surface area contributed by atoms with Crippen molar-refractivity contribution >= 4 is 46.4 Å². The first-order valence-electron chi connectivity index (χ1n) is 13.3. The number of amides is 5. The number of rotatable bonds is 17. The maximum Gasteiger partial charge on any atom is 0.326 e. The maximum absolute atomic E-state index is 13.2. The summed E-state index contributed by atoms with van der Waals surface area (Å²) in [5, 5.41) is 17.8. The second-order valence-electron chi connectivity index (χ2n) is 10.0. The van der Waals surface area contributed by atoms with Crippen LogP contribution in [0.1, 0.15) is 51.5 Å². The molecule has 41 heavy (non-hydrogen) atoms. The van der Waals surface area contributed by atoms with Crippen LogP contribution in [0.25, 0.3) is 10.9 Å². The molecule has 1 aromatic heterocycles. The minimum atomic E-state index is -1.35. The summed E-state index contributed by atoms with van der Waals surface area (Å²) in [6.07, 6.45) is 1.38. The molecular formula is C27H39N7O7. The highest BCUT2D eigenvalue weighted by Gasteiger charge is 2.32. The molecule has 0 aliphatic rings. The van der Waals surface area contributed by atoms with E-state index in [-0.39, 0.29) is 32.1 Å². The molecule has 1 heterocycles. The van der Waals surface area contributed by atoms with Crippen LogP contribution in [0.2, 0.25) is 0 Å². The number of carboxylic acid groups (broad SMARTS) is 1. The minimum absolute atomic E-state index is 0.149. The largest absolute Gasteiger partial charge is 0.480 e. The van der Waals surface area contributed by atoms with Gasteiger partial charge in [0.05, 0.1) is 6.04 Å². The van der Waals surface area contributed by atoms with Crippen molar-refractivity contribution in [1.82, 2.24) is 20.9 Å². The minimum Gasteiger partial charge on any atom is -0.480 e. The van der Waals surface area contributed by atoms with Gasteiger partial charge in [-0.15, -0.1) is 0 Å². The summed E-state index contributed by atoms with van der Waals surface area (Å²) in [6.45, 7) is 3.40. The van der Waals surface area contributed by atoms with Gasteiger partial charge in [0.25, 0.3) is 0 Å². The van der Waals surface area contributed by atoms with Crippen LogP contribution in [-0.4, -0.2) is 69.8 Å².